The lowest BCUT2D eigenvalue weighted by Crippen LogP contribution is -2.22. The summed E-state index contributed by atoms with van der Waals surface area (Å²) in [5.41, 5.74) is 1.01. The first kappa shape index (κ1) is 17.4. The molecule has 1 fully saturated rings. The molecule has 1 aliphatic carbocycles. The molecule has 0 spiro atoms. The van der Waals surface area contributed by atoms with Gasteiger partial charge in [-0.2, -0.15) is 5.10 Å². The highest BCUT2D eigenvalue weighted by molar-refractivity contribution is 5.33. The van der Waals surface area contributed by atoms with Gasteiger partial charge in [0, 0.05) is 24.9 Å². The number of rotatable bonds is 6. The molecule has 0 bridgehead atoms. The Morgan fingerprint density at radius 3 is 2.96 bits per heavy atom. The Morgan fingerprint density at radius 2 is 2.15 bits per heavy atom. The largest absolute Gasteiger partial charge is 0.393 e. The molecule has 0 radical (unpaired) electrons. The van der Waals surface area contributed by atoms with E-state index in [1.54, 1.807) is 0 Å². The van der Waals surface area contributed by atoms with Crippen molar-refractivity contribution in [3.05, 3.63) is 29.5 Å². The van der Waals surface area contributed by atoms with Gasteiger partial charge in [-0.25, -0.2) is 0 Å². The number of hydrogen-bond acceptors (Lipinski definition) is 7. The SMILES string of the molecule is CCCc1ccc(NC[C@H]2C[C@H](c3nnc4n3CCOC4)C[C@H]2O)nn1. The maximum absolute atomic E-state index is 10.5. The van der Waals surface area contributed by atoms with Crippen molar-refractivity contribution < 1.29 is 9.84 Å². The molecule has 0 amide bonds. The van der Waals surface area contributed by atoms with E-state index >= 15 is 0 Å². The highest BCUT2D eigenvalue weighted by atomic mass is 16.5. The number of nitrogens with one attached hydrogen (secondary N) is 1. The minimum Gasteiger partial charge on any atom is -0.393 e. The van der Waals surface area contributed by atoms with Crippen LogP contribution in [-0.2, 0) is 24.3 Å². The number of aryl methyl sites for hydroxylation is 1. The molecule has 2 aromatic rings. The lowest BCUT2D eigenvalue weighted by molar-refractivity contribution is 0.0801. The number of aliphatic hydroxyl groups excluding tert-OH is 1. The van der Waals surface area contributed by atoms with Gasteiger partial charge in [0.15, 0.2) is 5.82 Å². The molecule has 8 nitrogen and oxygen atoms in total. The van der Waals surface area contributed by atoms with Crippen LogP contribution in [0.3, 0.4) is 0 Å². The minimum atomic E-state index is -0.340. The highest BCUT2D eigenvalue weighted by Gasteiger charge is 2.37. The quantitative estimate of drug-likeness (QED) is 0.808. The molecule has 2 aromatic heterocycles. The number of hydrogen-bond donors (Lipinski definition) is 2. The van der Waals surface area contributed by atoms with E-state index < -0.39 is 0 Å². The average molecular weight is 358 g/mol. The minimum absolute atomic E-state index is 0.171. The predicted octanol–water partition coefficient (Wildman–Crippen LogP) is 1.52. The molecule has 2 N–H and O–H groups in total. The Kier molecular flexibility index (Phi) is 5.12. The van der Waals surface area contributed by atoms with E-state index in [1.165, 1.54) is 0 Å². The first-order valence-corrected chi connectivity index (χ1v) is 9.49. The fraction of sp³-hybridized carbons (Fsp3) is 0.667. The summed E-state index contributed by atoms with van der Waals surface area (Å²) < 4.78 is 7.59. The Labute approximate surface area is 153 Å². The predicted molar refractivity (Wildman–Crippen MR) is 95.7 cm³/mol. The van der Waals surface area contributed by atoms with Crippen LogP contribution >= 0.6 is 0 Å². The Balaban J connectivity index is 1.36. The van der Waals surface area contributed by atoms with Crippen molar-refractivity contribution in [1.29, 1.82) is 0 Å². The van der Waals surface area contributed by atoms with Crippen LogP contribution in [0.25, 0.3) is 0 Å². The zero-order valence-electron chi connectivity index (χ0n) is 15.1. The van der Waals surface area contributed by atoms with Crippen molar-refractivity contribution in [3.8, 4) is 0 Å². The highest BCUT2D eigenvalue weighted by Crippen LogP contribution is 2.38. The van der Waals surface area contributed by atoms with Gasteiger partial charge in [-0.1, -0.05) is 13.3 Å². The molecule has 1 aliphatic heterocycles. The topological polar surface area (TPSA) is 98.0 Å². The summed E-state index contributed by atoms with van der Waals surface area (Å²) in [5, 5.41) is 30.9. The van der Waals surface area contributed by atoms with Gasteiger partial charge in [-0.15, -0.1) is 15.3 Å². The molecular weight excluding hydrogens is 332 g/mol. The molecule has 2 aliphatic rings. The molecule has 3 atom stereocenters. The number of ether oxygens (including phenoxy) is 1. The van der Waals surface area contributed by atoms with E-state index in [0.717, 1.165) is 55.4 Å². The standard InChI is InChI=1S/C18H26N6O2/c1-2-3-14-4-5-16(21-20-14)19-10-13-8-12(9-15(13)25)18-23-22-17-11-26-7-6-24(17)18/h4-5,12-13,15,25H,2-3,6-11H2,1H3,(H,19,21)/t12-,13+,15+/m0/s1. The van der Waals surface area contributed by atoms with Gasteiger partial charge >= 0.3 is 0 Å². The summed E-state index contributed by atoms with van der Waals surface area (Å²) in [6.45, 7) is 4.84. The number of anilines is 1. The molecule has 3 heterocycles. The maximum atomic E-state index is 10.5. The average Bonchev–Trinajstić information content (AvgIpc) is 3.25. The summed E-state index contributed by atoms with van der Waals surface area (Å²) in [6, 6.07) is 3.98. The number of fused-ring (bicyclic) bond motifs is 1. The Hall–Kier alpha value is -2.06. The van der Waals surface area contributed by atoms with E-state index in [0.29, 0.717) is 19.8 Å². The lowest BCUT2D eigenvalue weighted by atomic mass is 10.0. The first-order valence-electron chi connectivity index (χ1n) is 9.49. The van der Waals surface area contributed by atoms with E-state index in [2.05, 4.69) is 37.2 Å². The van der Waals surface area contributed by atoms with E-state index in [4.69, 9.17) is 4.74 Å². The monoisotopic (exact) mass is 358 g/mol. The second-order valence-electron chi connectivity index (χ2n) is 7.22. The third kappa shape index (κ3) is 3.57. The van der Waals surface area contributed by atoms with Gasteiger partial charge in [0.1, 0.15) is 18.2 Å². The van der Waals surface area contributed by atoms with Crippen molar-refractivity contribution in [1.82, 2.24) is 25.0 Å². The summed E-state index contributed by atoms with van der Waals surface area (Å²) >= 11 is 0. The van der Waals surface area contributed by atoms with Crippen LogP contribution in [0.15, 0.2) is 12.1 Å². The molecule has 8 heteroatoms. The smallest absolute Gasteiger partial charge is 0.159 e. The van der Waals surface area contributed by atoms with Crippen LogP contribution in [0, 0.1) is 5.92 Å². The summed E-state index contributed by atoms with van der Waals surface area (Å²) in [4.78, 5) is 0. The van der Waals surface area contributed by atoms with Crippen LogP contribution in [-0.4, -0.2) is 49.3 Å². The molecule has 26 heavy (non-hydrogen) atoms. The van der Waals surface area contributed by atoms with Crippen LogP contribution in [0.1, 0.15) is 49.4 Å². The molecule has 0 saturated heterocycles. The van der Waals surface area contributed by atoms with Gasteiger partial charge < -0.3 is 19.7 Å². The van der Waals surface area contributed by atoms with Gasteiger partial charge in [0.05, 0.1) is 18.4 Å². The first-order chi connectivity index (χ1) is 12.7. The zero-order chi connectivity index (χ0) is 17.9. The van der Waals surface area contributed by atoms with Gasteiger partial charge in [0.2, 0.25) is 0 Å². The third-order valence-corrected chi connectivity index (χ3v) is 5.34. The van der Waals surface area contributed by atoms with Crippen molar-refractivity contribution in [2.75, 3.05) is 18.5 Å². The van der Waals surface area contributed by atoms with Crippen LogP contribution in [0.4, 0.5) is 5.82 Å². The van der Waals surface area contributed by atoms with Crippen molar-refractivity contribution in [2.24, 2.45) is 5.92 Å². The fourth-order valence-electron chi connectivity index (χ4n) is 3.93. The molecule has 140 valence electrons. The number of nitrogens with zero attached hydrogens (tertiary/aromatic N) is 5. The molecular formula is C18H26N6O2. The normalized spacial score (nSPS) is 25.2. The van der Waals surface area contributed by atoms with Gasteiger partial charge in [-0.3, -0.25) is 0 Å². The second kappa shape index (κ2) is 7.67. The molecule has 0 aromatic carbocycles. The van der Waals surface area contributed by atoms with Gasteiger partial charge in [-0.05, 0) is 31.4 Å². The summed E-state index contributed by atoms with van der Waals surface area (Å²) in [6.07, 6.45) is 3.30. The lowest BCUT2D eigenvalue weighted by Gasteiger charge is -2.18. The van der Waals surface area contributed by atoms with E-state index in [9.17, 15) is 5.11 Å². The van der Waals surface area contributed by atoms with Crippen molar-refractivity contribution in [2.45, 2.75) is 57.8 Å². The fourth-order valence-corrected chi connectivity index (χ4v) is 3.93. The van der Waals surface area contributed by atoms with Gasteiger partial charge in [0.25, 0.3) is 0 Å². The zero-order valence-corrected chi connectivity index (χ0v) is 15.1. The van der Waals surface area contributed by atoms with Crippen LogP contribution < -0.4 is 5.32 Å². The number of aromatic nitrogens is 5. The van der Waals surface area contributed by atoms with Crippen molar-refractivity contribution in [3.63, 3.8) is 0 Å². The number of aliphatic hydroxyl groups is 1. The Morgan fingerprint density at radius 1 is 1.23 bits per heavy atom. The third-order valence-electron chi connectivity index (χ3n) is 5.34. The molecule has 1 saturated carbocycles. The molecule has 0 unspecified atom stereocenters. The summed E-state index contributed by atoms with van der Waals surface area (Å²) in [7, 11) is 0. The second-order valence-corrected chi connectivity index (χ2v) is 7.22. The molecule has 4 rings (SSSR count). The summed E-state index contributed by atoms with van der Waals surface area (Å²) in [5.74, 6) is 3.06. The van der Waals surface area contributed by atoms with Crippen LogP contribution in [0.5, 0.6) is 0 Å². The maximum Gasteiger partial charge on any atom is 0.159 e. The van der Waals surface area contributed by atoms with Crippen molar-refractivity contribution >= 4 is 5.82 Å². The Bertz CT molecular complexity index is 732. The van der Waals surface area contributed by atoms with E-state index in [-0.39, 0.29) is 17.9 Å². The van der Waals surface area contributed by atoms with Crippen LogP contribution in [0.2, 0.25) is 0 Å². The van der Waals surface area contributed by atoms with E-state index in [1.807, 2.05) is 12.1 Å².